The smallest absolute Gasteiger partial charge is 0.338 e. The van der Waals surface area contributed by atoms with Crippen LogP contribution in [0.5, 0.6) is 0 Å². The van der Waals surface area contributed by atoms with Gasteiger partial charge in [-0.15, -0.1) is 6.58 Å². The van der Waals surface area contributed by atoms with Crippen LogP contribution in [0.25, 0.3) is 0 Å². The largest absolute Gasteiger partial charge is 0.452 e. The van der Waals surface area contributed by atoms with Gasteiger partial charge in [0.25, 0.3) is 15.9 Å². The molecular formula is C26H26N2O5S. The number of nitrogens with zero attached hydrogens (tertiary/aromatic N) is 2. The van der Waals surface area contributed by atoms with Gasteiger partial charge in [-0.25, -0.2) is 13.2 Å². The predicted molar refractivity (Wildman–Crippen MR) is 132 cm³/mol. The molecule has 0 aliphatic carbocycles. The predicted octanol–water partition coefficient (Wildman–Crippen LogP) is 4.28. The van der Waals surface area contributed by atoms with Crippen molar-refractivity contribution in [3.8, 4) is 0 Å². The van der Waals surface area contributed by atoms with E-state index < -0.39 is 22.6 Å². The van der Waals surface area contributed by atoms with Gasteiger partial charge in [-0.05, 0) is 49.4 Å². The number of hydrogen-bond donors (Lipinski definition) is 0. The number of hydrogen-bond acceptors (Lipinski definition) is 5. The first-order valence-electron chi connectivity index (χ1n) is 10.7. The van der Waals surface area contributed by atoms with Crippen LogP contribution in [0.15, 0.2) is 102 Å². The van der Waals surface area contributed by atoms with Crippen molar-refractivity contribution in [3.63, 3.8) is 0 Å². The number of benzene rings is 3. The van der Waals surface area contributed by atoms with Crippen molar-refractivity contribution in [2.75, 3.05) is 28.9 Å². The van der Waals surface area contributed by atoms with Crippen LogP contribution in [-0.4, -0.2) is 40.0 Å². The third kappa shape index (κ3) is 5.71. The van der Waals surface area contributed by atoms with Gasteiger partial charge in [0.2, 0.25) is 0 Å². The van der Waals surface area contributed by atoms with E-state index in [-0.39, 0.29) is 22.9 Å². The van der Waals surface area contributed by atoms with Gasteiger partial charge < -0.3 is 9.64 Å². The lowest BCUT2D eigenvalue weighted by Crippen LogP contribution is -2.34. The summed E-state index contributed by atoms with van der Waals surface area (Å²) in [5.74, 6) is -1.17. The van der Waals surface area contributed by atoms with Gasteiger partial charge in [0, 0.05) is 12.2 Å². The first kappa shape index (κ1) is 24.7. The van der Waals surface area contributed by atoms with E-state index in [9.17, 15) is 18.0 Å². The molecule has 3 aromatic carbocycles. The molecule has 176 valence electrons. The molecule has 0 saturated heterocycles. The quantitative estimate of drug-likeness (QED) is 0.321. The summed E-state index contributed by atoms with van der Waals surface area (Å²) in [4.78, 5) is 26.6. The van der Waals surface area contributed by atoms with Crippen LogP contribution in [0.3, 0.4) is 0 Å². The number of esters is 1. The van der Waals surface area contributed by atoms with E-state index in [2.05, 4.69) is 6.58 Å². The van der Waals surface area contributed by atoms with Crippen LogP contribution in [0.4, 0.5) is 11.4 Å². The summed E-state index contributed by atoms with van der Waals surface area (Å²) in [6.07, 6.45) is 1.49. The zero-order valence-electron chi connectivity index (χ0n) is 18.8. The molecule has 0 radical (unpaired) electrons. The Kier molecular flexibility index (Phi) is 8.21. The van der Waals surface area contributed by atoms with E-state index in [4.69, 9.17) is 4.74 Å². The molecule has 34 heavy (non-hydrogen) atoms. The van der Waals surface area contributed by atoms with E-state index in [1.165, 1.54) is 39.5 Å². The maximum Gasteiger partial charge on any atom is 0.338 e. The number of carbonyl (C=O) groups is 2. The second-order valence-electron chi connectivity index (χ2n) is 7.24. The van der Waals surface area contributed by atoms with Crippen molar-refractivity contribution in [2.45, 2.75) is 11.8 Å². The number of rotatable bonds is 10. The highest BCUT2D eigenvalue weighted by molar-refractivity contribution is 7.92. The van der Waals surface area contributed by atoms with Crippen LogP contribution < -0.4 is 9.21 Å². The molecule has 0 aliphatic heterocycles. The second-order valence-corrected chi connectivity index (χ2v) is 9.10. The van der Waals surface area contributed by atoms with Gasteiger partial charge in [0.05, 0.1) is 22.7 Å². The minimum Gasteiger partial charge on any atom is -0.452 e. The molecule has 0 bridgehead atoms. The maximum absolute atomic E-state index is 13.3. The summed E-state index contributed by atoms with van der Waals surface area (Å²) >= 11 is 0. The average Bonchev–Trinajstić information content (AvgIpc) is 2.87. The van der Waals surface area contributed by atoms with Gasteiger partial charge in [-0.2, -0.15) is 0 Å². The normalized spacial score (nSPS) is 10.9. The van der Waals surface area contributed by atoms with Gasteiger partial charge in [-0.1, -0.05) is 48.5 Å². The second kappa shape index (κ2) is 11.3. The minimum atomic E-state index is -3.98. The summed E-state index contributed by atoms with van der Waals surface area (Å²) in [7, 11) is -3.98. The fourth-order valence-corrected chi connectivity index (χ4v) is 4.85. The molecule has 8 heteroatoms. The third-order valence-corrected chi connectivity index (χ3v) is 6.80. The molecule has 0 aromatic heterocycles. The SMILES string of the molecule is C=CCN(c1ccccc1)S(=O)(=O)c1cccc(C(=O)OCC(=O)N(CC)c2ccccc2)c1. The fourth-order valence-electron chi connectivity index (χ4n) is 3.36. The molecule has 1 amide bonds. The molecule has 0 fully saturated rings. The van der Waals surface area contributed by atoms with Crippen LogP contribution in [-0.2, 0) is 19.6 Å². The summed E-state index contributed by atoms with van der Waals surface area (Å²) < 4.78 is 33.0. The summed E-state index contributed by atoms with van der Waals surface area (Å²) in [6.45, 7) is 5.47. The molecule has 0 heterocycles. The number of likely N-dealkylation sites (N-methyl/N-ethyl adjacent to an activating group) is 1. The molecule has 0 saturated carbocycles. The molecule has 3 aromatic rings. The Balaban J connectivity index is 1.77. The zero-order chi connectivity index (χ0) is 24.6. The number of sulfonamides is 1. The van der Waals surface area contributed by atoms with Crippen molar-refractivity contribution in [2.24, 2.45) is 0 Å². The van der Waals surface area contributed by atoms with Crippen molar-refractivity contribution >= 4 is 33.3 Å². The third-order valence-electron chi connectivity index (χ3n) is 5.01. The molecule has 3 rings (SSSR count). The van der Waals surface area contributed by atoms with E-state index >= 15 is 0 Å². The van der Waals surface area contributed by atoms with Crippen molar-refractivity contribution in [1.82, 2.24) is 0 Å². The Labute approximate surface area is 199 Å². The number of para-hydroxylation sites is 2. The van der Waals surface area contributed by atoms with Gasteiger partial charge in [0.1, 0.15) is 0 Å². The Hall–Kier alpha value is -3.91. The van der Waals surface area contributed by atoms with Crippen LogP contribution in [0.1, 0.15) is 17.3 Å². The Morgan fingerprint density at radius 3 is 2.12 bits per heavy atom. The molecule has 7 nitrogen and oxygen atoms in total. The van der Waals surface area contributed by atoms with E-state index in [1.807, 2.05) is 25.1 Å². The monoisotopic (exact) mass is 478 g/mol. The topological polar surface area (TPSA) is 84.0 Å². The molecule has 0 N–H and O–H groups in total. The molecule has 0 atom stereocenters. The summed E-state index contributed by atoms with van der Waals surface area (Å²) in [5, 5.41) is 0. The van der Waals surface area contributed by atoms with Gasteiger partial charge in [-0.3, -0.25) is 9.10 Å². The molecule has 0 aliphatic rings. The lowest BCUT2D eigenvalue weighted by Gasteiger charge is -2.23. The number of ether oxygens (including phenoxy) is 1. The van der Waals surface area contributed by atoms with E-state index in [1.54, 1.807) is 42.5 Å². The lowest BCUT2D eigenvalue weighted by atomic mass is 10.2. The molecular weight excluding hydrogens is 452 g/mol. The summed E-state index contributed by atoms with van der Waals surface area (Å²) in [5.41, 5.74) is 1.20. The first-order valence-corrected chi connectivity index (χ1v) is 12.1. The van der Waals surface area contributed by atoms with E-state index in [0.717, 1.165) is 0 Å². The Morgan fingerprint density at radius 2 is 1.53 bits per heavy atom. The minimum absolute atomic E-state index is 0.0308. The number of anilines is 2. The maximum atomic E-state index is 13.3. The van der Waals surface area contributed by atoms with Crippen molar-refractivity contribution in [1.29, 1.82) is 0 Å². The number of carbonyl (C=O) groups excluding carboxylic acids is 2. The van der Waals surface area contributed by atoms with E-state index in [0.29, 0.717) is 17.9 Å². The Morgan fingerprint density at radius 1 is 0.912 bits per heavy atom. The van der Waals surface area contributed by atoms with Crippen LogP contribution in [0.2, 0.25) is 0 Å². The highest BCUT2D eigenvalue weighted by Gasteiger charge is 2.25. The zero-order valence-corrected chi connectivity index (χ0v) is 19.6. The van der Waals surface area contributed by atoms with Crippen molar-refractivity contribution < 1.29 is 22.7 Å². The highest BCUT2D eigenvalue weighted by Crippen LogP contribution is 2.24. The van der Waals surface area contributed by atoms with Crippen LogP contribution >= 0.6 is 0 Å². The average molecular weight is 479 g/mol. The highest BCUT2D eigenvalue weighted by atomic mass is 32.2. The first-order chi connectivity index (χ1) is 16.4. The Bertz CT molecular complexity index is 1240. The summed E-state index contributed by atoms with van der Waals surface area (Å²) in [6, 6.07) is 23.2. The van der Waals surface area contributed by atoms with Crippen molar-refractivity contribution in [3.05, 3.63) is 103 Å². The van der Waals surface area contributed by atoms with Crippen LogP contribution in [0, 0.1) is 0 Å². The fraction of sp³-hybridized carbons (Fsp3) is 0.154. The standard InChI is InChI=1S/C26H26N2O5S/c1-3-18-28(23-15-9-6-10-16-23)34(31,32)24-17-11-12-21(19-24)26(30)33-20-25(29)27(4-2)22-13-7-5-8-14-22/h3,5-17,19H,1,4,18,20H2,2H3. The lowest BCUT2D eigenvalue weighted by molar-refractivity contribution is -0.121. The molecule has 0 spiro atoms. The number of amides is 1. The molecule has 0 unspecified atom stereocenters. The van der Waals surface area contributed by atoms with Gasteiger partial charge in [0.15, 0.2) is 6.61 Å². The van der Waals surface area contributed by atoms with Gasteiger partial charge >= 0.3 is 5.97 Å².